The first-order valence-corrected chi connectivity index (χ1v) is 8.75. The largest absolute Gasteiger partial charge is 0.481 e. The van der Waals surface area contributed by atoms with E-state index in [9.17, 15) is 14.7 Å². The maximum absolute atomic E-state index is 12.8. The van der Waals surface area contributed by atoms with Gasteiger partial charge < -0.3 is 10.2 Å². The minimum absolute atomic E-state index is 0.00868. The third-order valence-electron chi connectivity index (χ3n) is 5.65. The fourth-order valence-electron chi connectivity index (χ4n) is 4.20. The highest BCUT2D eigenvalue weighted by Crippen LogP contribution is 2.50. The van der Waals surface area contributed by atoms with E-state index in [1.54, 1.807) is 12.1 Å². The highest BCUT2D eigenvalue weighted by molar-refractivity contribution is 6.12. The summed E-state index contributed by atoms with van der Waals surface area (Å²) >= 11 is 0. The molecule has 0 saturated heterocycles. The van der Waals surface area contributed by atoms with Crippen LogP contribution in [-0.4, -0.2) is 28.1 Å². The van der Waals surface area contributed by atoms with Gasteiger partial charge in [-0.3, -0.25) is 9.59 Å². The van der Waals surface area contributed by atoms with Crippen LogP contribution in [0.2, 0.25) is 0 Å². The second-order valence-electron chi connectivity index (χ2n) is 7.42. The SMILES string of the molecule is CC1=C2CCC[C@H](O)[C@@]2(C)C/C(=C\c2ccc(CC(=O)O)cc2)C1=O. The smallest absolute Gasteiger partial charge is 0.307 e. The number of hydrogen-bond acceptors (Lipinski definition) is 3. The molecule has 1 saturated carbocycles. The zero-order valence-electron chi connectivity index (χ0n) is 14.7. The number of carboxylic acids is 1. The van der Waals surface area contributed by atoms with Gasteiger partial charge in [0.05, 0.1) is 12.5 Å². The Bertz CT molecular complexity index is 770. The van der Waals surface area contributed by atoms with Crippen molar-refractivity contribution < 1.29 is 19.8 Å². The van der Waals surface area contributed by atoms with Gasteiger partial charge in [0.25, 0.3) is 0 Å². The molecular weight excluding hydrogens is 316 g/mol. The molecule has 0 amide bonds. The Labute approximate surface area is 147 Å². The number of aliphatic hydroxyl groups is 1. The van der Waals surface area contributed by atoms with Gasteiger partial charge in [0.1, 0.15) is 0 Å². The van der Waals surface area contributed by atoms with Crippen molar-refractivity contribution in [1.29, 1.82) is 0 Å². The van der Waals surface area contributed by atoms with Gasteiger partial charge in [-0.1, -0.05) is 36.8 Å². The highest BCUT2D eigenvalue weighted by atomic mass is 16.4. The maximum Gasteiger partial charge on any atom is 0.307 e. The number of carbonyl (C=O) groups excluding carboxylic acids is 1. The number of Topliss-reactive ketones (excluding diaryl/α,β-unsaturated/α-hetero) is 1. The molecule has 2 aliphatic carbocycles. The van der Waals surface area contributed by atoms with Crippen molar-refractivity contribution in [3.05, 3.63) is 52.1 Å². The first-order valence-electron chi connectivity index (χ1n) is 8.75. The van der Waals surface area contributed by atoms with E-state index in [1.807, 2.05) is 25.1 Å². The number of fused-ring (bicyclic) bond motifs is 1. The van der Waals surface area contributed by atoms with Crippen LogP contribution in [0.15, 0.2) is 41.0 Å². The minimum atomic E-state index is -0.860. The van der Waals surface area contributed by atoms with Gasteiger partial charge >= 0.3 is 5.97 Å². The predicted molar refractivity (Wildman–Crippen MR) is 96.0 cm³/mol. The molecule has 4 nitrogen and oxygen atoms in total. The summed E-state index contributed by atoms with van der Waals surface area (Å²) in [5.41, 5.74) is 3.87. The van der Waals surface area contributed by atoms with Gasteiger partial charge in [-0.2, -0.15) is 0 Å². The van der Waals surface area contributed by atoms with E-state index >= 15 is 0 Å². The molecule has 0 heterocycles. The van der Waals surface area contributed by atoms with E-state index in [1.165, 1.54) is 0 Å². The third-order valence-corrected chi connectivity index (χ3v) is 5.65. The van der Waals surface area contributed by atoms with Crippen molar-refractivity contribution in [3.63, 3.8) is 0 Å². The van der Waals surface area contributed by atoms with E-state index in [0.29, 0.717) is 6.42 Å². The second-order valence-corrected chi connectivity index (χ2v) is 7.42. The summed E-state index contributed by atoms with van der Waals surface area (Å²) in [5.74, 6) is -0.794. The molecule has 2 atom stereocenters. The van der Waals surface area contributed by atoms with Crippen LogP contribution in [0.3, 0.4) is 0 Å². The molecule has 0 spiro atoms. The molecule has 2 N–H and O–H groups in total. The summed E-state index contributed by atoms with van der Waals surface area (Å²) < 4.78 is 0. The van der Waals surface area contributed by atoms with Crippen LogP contribution in [0.4, 0.5) is 0 Å². The lowest BCUT2D eigenvalue weighted by Gasteiger charge is -2.45. The number of ketones is 1. The molecule has 25 heavy (non-hydrogen) atoms. The first-order chi connectivity index (χ1) is 11.8. The number of rotatable bonds is 3. The highest BCUT2D eigenvalue weighted by Gasteiger charge is 2.45. The quantitative estimate of drug-likeness (QED) is 0.826. The van der Waals surface area contributed by atoms with Gasteiger partial charge in [-0.25, -0.2) is 0 Å². The Balaban J connectivity index is 1.92. The monoisotopic (exact) mass is 340 g/mol. The van der Waals surface area contributed by atoms with Crippen LogP contribution in [0.25, 0.3) is 6.08 Å². The summed E-state index contributed by atoms with van der Waals surface area (Å²) in [6, 6.07) is 7.23. The Morgan fingerprint density at radius 3 is 2.64 bits per heavy atom. The summed E-state index contributed by atoms with van der Waals surface area (Å²) in [4.78, 5) is 23.5. The second kappa shape index (κ2) is 6.60. The van der Waals surface area contributed by atoms with E-state index in [0.717, 1.165) is 47.1 Å². The molecule has 1 fully saturated rings. The Morgan fingerprint density at radius 2 is 2.00 bits per heavy atom. The number of hydrogen-bond donors (Lipinski definition) is 2. The van der Waals surface area contributed by atoms with Crippen LogP contribution >= 0.6 is 0 Å². The Morgan fingerprint density at radius 1 is 1.32 bits per heavy atom. The Hall–Kier alpha value is -2.20. The van der Waals surface area contributed by atoms with Crippen molar-refractivity contribution in [2.75, 3.05) is 0 Å². The van der Waals surface area contributed by atoms with Crippen molar-refractivity contribution in [2.24, 2.45) is 5.41 Å². The standard InChI is InChI=1S/C21H24O4/c1-13-17-4-3-5-18(22)21(17,2)12-16(20(13)25)10-14-6-8-15(9-7-14)11-19(23)24/h6-10,18,22H,3-5,11-12H2,1-2H3,(H,23,24)/b16-10+/t18-,21-/m0/s1. The fourth-order valence-corrected chi connectivity index (χ4v) is 4.20. The van der Waals surface area contributed by atoms with Crippen LogP contribution in [0.5, 0.6) is 0 Å². The lowest BCUT2D eigenvalue weighted by atomic mass is 9.61. The number of allylic oxidation sites excluding steroid dienone is 2. The number of carbonyl (C=O) groups is 2. The number of aliphatic hydroxyl groups excluding tert-OH is 1. The molecule has 2 aliphatic rings. The average Bonchev–Trinajstić information content (AvgIpc) is 2.56. The molecule has 0 aromatic heterocycles. The topological polar surface area (TPSA) is 74.6 Å². The van der Waals surface area contributed by atoms with E-state index in [2.05, 4.69) is 6.92 Å². The van der Waals surface area contributed by atoms with Gasteiger partial charge in [-0.15, -0.1) is 0 Å². The lowest BCUT2D eigenvalue weighted by Crippen LogP contribution is -2.42. The summed E-state index contributed by atoms with van der Waals surface area (Å²) in [7, 11) is 0. The van der Waals surface area contributed by atoms with E-state index in [4.69, 9.17) is 5.11 Å². The molecule has 0 bridgehead atoms. The molecule has 4 heteroatoms. The van der Waals surface area contributed by atoms with Crippen molar-refractivity contribution in [2.45, 2.75) is 52.1 Å². The van der Waals surface area contributed by atoms with Crippen LogP contribution < -0.4 is 0 Å². The normalized spacial score (nSPS) is 28.2. The molecule has 1 aromatic rings. The van der Waals surface area contributed by atoms with Gasteiger partial charge in [0.2, 0.25) is 0 Å². The predicted octanol–water partition coefficient (Wildman–Crippen LogP) is 3.54. The molecule has 3 rings (SSSR count). The van der Waals surface area contributed by atoms with Crippen molar-refractivity contribution in [3.8, 4) is 0 Å². The van der Waals surface area contributed by atoms with Crippen molar-refractivity contribution >= 4 is 17.8 Å². The summed E-state index contributed by atoms with van der Waals surface area (Å²) in [6.07, 6.45) is 4.60. The molecular formula is C21H24O4. The minimum Gasteiger partial charge on any atom is -0.481 e. The number of aliphatic carboxylic acids is 1. The number of benzene rings is 1. The van der Waals surface area contributed by atoms with Gasteiger partial charge in [0, 0.05) is 11.0 Å². The van der Waals surface area contributed by atoms with E-state index < -0.39 is 12.1 Å². The van der Waals surface area contributed by atoms with Gasteiger partial charge in [-0.05, 0) is 55.4 Å². The van der Waals surface area contributed by atoms with Crippen LogP contribution in [0.1, 0.15) is 50.7 Å². The van der Waals surface area contributed by atoms with Crippen molar-refractivity contribution in [1.82, 2.24) is 0 Å². The molecule has 1 aromatic carbocycles. The zero-order chi connectivity index (χ0) is 18.2. The third kappa shape index (κ3) is 3.31. The summed E-state index contributed by atoms with van der Waals surface area (Å²) in [5, 5.41) is 19.4. The number of carboxylic acid groups (broad SMARTS) is 1. The molecule has 0 unspecified atom stereocenters. The molecule has 0 aliphatic heterocycles. The average molecular weight is 340 g/mol. The fraction of sp³-hybridized carbons (Fsp3) is 0.429. The maximum atomic E-state index is 12.8. The molecule has 132 valence electrons. The van der Waals surface area contributed by atoms with Crippen LogP contribution in [0, 0.1) is 5.41 Å². The zero-order valence-corrected chi connectivity index (χ0v) is 14.7. The first kappa shape index (κ1) is 17.6. The van der Waals surface area contributed by atoms with E-state index in [-0.39, 0.29) is 17.6 Å². The molecule has 0 radical (unpaired) electrons. The Kier molecular flexibility index (Phi) is 4.65. The lowest BCUT2D eigenvalue weighted by molar-refractivity contribution is -0.136. The van der Waals surface area contributed by atoms with Crippen LogP contribution in [-0.2, 0) is 16.0 Å². The summed E-state index contributed by atoms with van der Waals surface area (Å²) in [6.45, 7) is 3.93. The van der Waals surface area contributed by atoms with Gasteiger partial charge in [0.15, 0.2) is 5.78 Å².